The monoisotopic (exact) mass is 224 g/mol. The Bertz CT molecular complexity index is 311. The lowest BCUT2D eigenvalue weighted by atomic mass is 10.00. The Kier molecular flexibility index (Phi) is 3.39. The molecule has 0 aliphatic heterocycles. The highest BCUT2D eigenvalue weighted by atomic mass is 35.5. The van der Waals surface area contributed by atoms with Crippen molar-refractivity contribution in [3.8, 4) is 0 Å². The molecule has 0 heterocycles. The van der Waals surface area contributed by atoms with Crippen LogP contribution in [0.15, 0.2) is 24.3 Å². The van der Waals surface area contributed by atoms with E-state index >= 15 is 0 Å². The molecule has 0 fully saturated rings. The van der Waals surface area contributed by atoms with E-state index in [1.165, 1.54) is 24.3 Å². The third-order valence-corrected chi connectivity index (χ3v) is 2.06. The van der Waals surface area contributed by atoms with Gasteiger partial charge in [-0.25, -0.2) is 0 Å². The van der Waals surface area contributed by atoms with Gasteiger partial charge in [-0.05, 0) is 17.7 Å². The quantitative estimate of drug-likeness (QED) is 0.819. The zero-order valence-corrected chi connectivity index (χ0v) is 7.81. The molecule has 1 atom stereocenters. The van der Waals surface area contributed by atoms with Crippen LogP contribution in [0.3, 0.4) is 0 Å². The van der Waals surface area contributed by atoms with Gasteiger partial charge in [-0.15, -0.1) is 0 Å². The van der Waals surface area contributed by atoms with Crippen molar-refractivity contribution >= 4 is 11.6 Å². The number of benzene rings is 1. The second-order valence-corrected chi connectivity index (χ2v) is 3.27. The molecule has 0 bridgehead atoms. The highest BCUT2D eigenvalue weighted by Crippen LogP contribution is 2.34. The highest BCUT2D eigenvalue weighted by molar-refractivity contribution is 6.30. The van der Waals surface area contributed by atoms with Crippen LogP contribution in [0.4, 0.5) is 13.2 Å². The van der Waals surface area contributed by atoms with Crippen LogP contribution in [0.25, 0.3) is 0 Å². The molecule has 0 spiro atoms. The first-order chi connectivity index (χ1) is 6.45. The third-order valence-electron chi connectivity index (χ3n) is 1.83. The fourth-order valence-electron chi connectivity index (χ4n) is 1.12. The molecule has 1 rings (SSSR count). The summed E-state index contributed by atoms with van der Waals surface area (Å²) in [5, 5.41) is 8.87. The van der Waals surface area contributed by atoms with Crippen molar-refractivity contribution in [3.63, 3.8) is 0 Å². The summed E-state index contributed by atoms with van der Waals surface area (Å²) in [5.41, 5.74) is -0.0208. The van der Waals surface area contributed by atoms with Crippen LogP contribution in [0.1, 0.15) is 11.5 Å². The molecule has 1 N–H and O–H groups in total. The van der Waals surface area contributed by atoms with Crippen LogP contribution in [0.5, 0.6) is 0 Å². The van der Waals surface area contributed by atoms with Crippen LogP contribution in [0.2, 0.25) is 5.02 Å². The normalized spacial score (nSPS) is 14.1. The summed E-state index contributed by atoms with van der Waals surface area (Å²) in [4.78, 5) is 0. The molecule has 1 aromatic carbocycles. The fraction of sp³-hybridized carbons (Fsp3) is 0.333. The van der Waals surface area contributed by atoms with Crippen LogP contribution >= 0.6 is 11.6 Å². The summed E-state index contributed by atoms with van der Waals surface area (Å²) in [7, 11) is 0. The molecule has 0 aliphatic carbocycles. The summed E-state index contributed by atoms with van der Waals surface area (Å²) in [6.45, 7) is -0.968. The van der Waals surface area contributed by atoms with Crippen molar-refractivity contribution in [2.45, 2.75) is 12.1 Å². The largest absolute Gasteiger partial charge is 0.397 e. The molecular weight excluding hydrogens is 217 g/mol. The molecule has 78 valence electrons. The van der Waals surface area contributed by atoms with E-state index in [0.717, 1.165) is 0 Å². The van der Waals surface area contributed by atoms with Gasteiger partial charge >= 0.3 is 6.18 Å². The number of hydrogen-bond acceptors (Lipinski definition) is 1. The Morgan fingerprint density at radius 3 is 2.43 bits per heavy atom. The van der Waals surface area contributed by atoms with Crippen molar-refractivity contribution in [1.82, 2.24) is 0 Å². The molecule has 1 unspecified atom stereocenters. The lowest BCUT2D eigenvalue weighted by Gasteiger charge is -2.18. The smallest absolute Gasteiger partial charge is 0.395 e. The van der Waals surface area contributed by atoms with E-state index in [0.29, 0.717) is 0 Å². The van der Waals surface area contributed by atoms with Crippen molar-refractivity contribution in [3.05, 3.63) is 34.9 Å². The van der Waals surface area contributed by atoms with Crippen molar-refractivity contribution in [2.75, 3.05) is 6.61 Å². The summed E-state index contributed by atoms with van der Waals surface area (Å²) < 4.78 is 37.0. The molecular formula is C9H8ClF3O. The predicted molar refractivity (Wildman–Crippen MR) is 47.3 cm³/mol. The number of halogens is 4. The zero-order chi connectivity index (χ0) is 10.8. The van der Waals surface area contributed by atoms with Gasteiger partial charge in [0, 0.05) is 5.02 Å². The molecule has 14 heavy (non-hydrogen) atoms. The highest BCUT2D eigenvalue weighted by Gasteiger charge is 2.40. The number of hydrogen-bond donors (Lipinski definition) is 1. The maximum Gasteiger partial charge on any atom is 0.397 e. The molecule has 0 aliphatic rings. The van der Waals surface area contributed by atoms with Crippen LogP contribution in [0, 0.1) is 0 Å². The van der Waals surface area contributed by atoms with E-state index in [1.807, 2.05) is 0 Å². The lowest BCUT2D eigenvalue weighted by Crippen LogP contribution is -2.23. The molecule has 0 saturated carbocycles. The minimum absolute atomic E-state index is 0.0208. The topological polar surface area (TPSA) is 20.2 Å². The minimum Gasteiger partial charge on any atom is -0.395 e. The Labute approximate surface area is 84.1 Å². The number of rotatable bonds is 2. The van der Waals surface area contributed by atoms with Gasteiger partial charge < -0.3 is 5.11 Å². The molecule has 0 amide bonds. The lowest BCUT2D eigenvalue weighted by molar-refractivity contribution is -0.158. The Morgan fingerprint density at radius 2 is 2.00 bits per heavy atom. The summed E-state index contributed by atoms with van der Waals surface area (Å²) in [5.74, 6) is -1.86. The van der Waals surface area contributed by atoms with E-state index in [9.17, 15) is 13.2 Å². The van der Waals surface area contributed by atoms with E-state index < -0.39 is 18.7 Å². The summed E-state index contributed by atoms with van der Waals surface area (Å²) in [6, 6.07) is 5.40. The standard InChI is InChI=1S/C9H8ClF3O/c10-7-3-1-2-6(4-7)8(5-14)9(11,12)13/h1-4,8,14H,5H2. The molecule has 1 nitrogen and oxygen atoms in total. The van der Waals surface area contributed by atoms with Crippen LogP contribution in [-0.4, -0.2) is 17.9 Å². The second-order valence-electron chi connectivity index (χ2n) is 2.83. The van der Waals surface area contributed by atoms with Gasteiger partial charge in [-0.1, -0.05) is 23.7 Å². The average molecular weight is 225 g/mol. The first-order valence-corrected chi connectivity index (χ1v) is 4.26. The molecule has 1 aromatic rings. The molecule has 0 saturated heterocycles. The maximum absolute atomic E-state index is 12.3. The Balaban J connectivity index is 3.01. The van der Waals surface area contributed by atoms with Gasteiger partial charge in [0.25, 0.3) is 0 Å². The predicted octanol–water partition coefficient (Wildman–Crippen LogP) is 2.98. The van der Waals surface area contributed by atoms with E-state index in [1.54, 1.807) is 0 Å². The van der Waals surface area contributed by atoms with Crippen molar-refractivity contribution < 1.29 is 18.3 Å². The van der Waals surface area contributed by atoms with Gasteiger partial charge in [0.05, 0.1) is 6.61 Å². The summed E-state index contributed by atoms with van der Waals surface area (Å²) >= 11 is 5.55. The first kappa shape index (κ1) is 11.3. The molecule has 5 heteroatoms. The molecule has 0 aromatic heterocycles. The zero-order valence-electron chi connectivity index (χ0n) is 7.05. The van der Waals surface area contributed by atoms with Crippen LogP contribution in [-0.2, 0) is 0 Å². The van der Waals surface area contributed by atoms with Crippen LogP contribution < -0.4 is 0 Å². The SMILES string of the molecule is OCC(c1cccc(Cl)c1)C(F)(F)F. The Hall–Kier alpha value is -0.740. The maximum atomic E-state index is 12.3. The van der Waals surface area contributed by atoms with Gasteiger partial charge in [0.1, 0.15) is 5.92 Å². The third kappa shape index (κ3) is 2.62. The van der Waals surface area contributed by atoms with E-state index in [4.69, 9.17) is 16.7 Å². The fourth-order valence-corrected chi connectivity index (χ4v) is 1.32. The van der Waals surface area contributed by atoms with E-state index in [-0.39, 0.29) is 10.6 Å². The number of aliphatic hydroxyl groups is 1. The molecule has 0 radical (unpaired) electrons. The summed E-state index contributed by atoms with van der Waals surface area (Å²) in [6.07, 6.45) is -4.45. The minimum atomic E-state index is -4.45. The number of aliphatic hydroxyl groups excluding tert-OH is 1. The van der Waals surface area contributed by atoms with E-state index in [2.05, 4.69) is 0 Å². The van der Waals surface area contributed by atoms with Gasteiger partial charge in [0.2, 0.25) is 0 Å². The van der Waals surface area contributed by atoms with Gasteiger partial charge in [-0.3, -0.25) is 0 Å². The van der Waals surface area contributed by atoms with Crippen molar-refractivity contribution in [1.29, 1.82) is 0 Å². The number of alkyl halides is 3. The Morgan fingerprint density at radius 1 is 1.36 bits per heavy atom. The van der Waals surface area contributed by atoms with Gasteiger partial charge in [0.15, 0.2) is 0 Å². The average Bonchev–Trinajstić information content (AvgIpc) is 2.02. The second kappa shape index (κ2) is 4.19. The van der Waals surface area contributed by atoms with Gasteiger partial charge in [-0.2, -0.15) is 13.2 Å². The first-order valence-electron chi connectivity index (χ1n) is 3.88. The van der Waals surface area contributed by atoms with Crippen molar-refractivity contribution in [2.24, 2.45) is 0 Å².